The number of carbonyl (C=O) groups excluding carboxylic acids is 1. The second-order valence-corrected chi connectivity index (χ2v) is 8.14. The maximum absolute atomic E-state index is 12.6. The zero-order valence-electron chi connectivity index (χ0n) is 16.4. The van der Waals surface area contributed by atoms with E-state index in [0.29, 0.717) is 43.1 Å². The first kappa shape index (κ1) is 20.0. The average Bonchev–Trinajstić information content (AvgIpc) is 2.74. The zero-order chi connectivity index (χ0) is 20.3. The van der Waals surface area contributed by atoms with Gasteiger partial charge < -0.3 is 25.6 Å². The Kier molecular flexibility index (Phi) is 5.94. The summed E-state index contributed by atoms with van der Waals surface area (Å²) in [5.74, 6) is 0.300. The summed E-state index contributed by atoms with van der Waals surface area (Å²) in [6.07, 6.45) is 5.93. The van der Waals surface area contributed by atoms with E-state index < -0.39 is 5.60 Å². The Bertz CT molecular complexity index is 861. The number of aliphatic hydroxyl groups is 2. The molecule has 2 fully saturated rings. The van der Waals surface area contributed by atoms with Crippen LogP contribution in [0.5, 0.6) is 0 Å². The van der Waals surface area contributed by atoms with Gasteiger partial charge in [0.05, 0.1) is 17.2 Å². The van der Waals surface area contributed by atoms with Crippen LogP contribution >= 0.6 is 0 Å². The first-order valence-electron chi connectivity index (χ1n) is 10.3. The first-order chi connectivity index (χ1) is 14.0. The molecular weight excluding hydrogens is 372 g/mol. The maximum Gasteiger partial charge on any atom is 0.251 e. The van der Waals surface area contributed by atoms with Crippen LogP contribution in [0.4, 0.5) is 5.95 Å². The fourth-order valence-electron chi connectivity index (χ4n) is 3.91. The van der Waals surface area contributed by atoms with Crippen LogP contribution in [0.2, 0.25) is 0 Å². The van der Waals surface area contributed by atoms with Crippen LogP contribution in [-0.2, 0) is 4.74 Å². The monoisotopic (exact) mass is 400 g/mol. The van der Waals surface area contributed by atoms with Crippen LogP contribution in [0.25, 0.3) is 10.9 Å². The molecule has 1 aromatic carbocycles. The van der Waals surface area contributed by atoms with E-state index >= 15 is 0 Å². The van der Waals surface area contributed by atoms with Crippen molar-refractivity contribution >= 4 is 22.8 Å². The van der Waals surface area contributed by atoms with Gasteiger partial charge in [-0.25, -0.2) is 9.97 Å². The predicted octanol–water partition coefficient (Wildman–Crippen LogP) is 1.62. The molecule has 0 spiro atoms. The van der Waals surface area contributed by atoms with Crippen LogP contribution in [0.3, 0.4) is 0 Å². The number of aromatic nitrogens is 2. The molecule has 8 nitrogen and oxygen atoms in total. The standard InChI is InChI=1S/C21H28N4O4/c26-17-5-3-16(4-6-17)24-20-22-12-15-2-1-14(11-18(15)25-20)19(27)23-13-21(28)7-9-29-10-8-21/h1-2,11-12,16-17,26,28H,3-10,13H2,(H,23,27)(H,22,24,25). The topological polar surface area (TPSA) is 117 Å². The van der Waals surface area contributed by atoms with Crippen molar-refractivity contribution in [1.82, 2.24) is 15.3 Å². The summed E-state index contributed by atoms with van der Waals surface area (Å²) in [7, 11) is 0. The number of anilines is 1. The molecule has 1 aliphatic carbocycles. The first-order valence-corrected chi connectivity index (χ1v) is 10.3. The number of hydrogen-bond acceptors (Lipinski definition) is 7. The Morgan fingerprint density at radius 3 is 2.72 bits per heavy atom. The summed E-state index contributed by atoms with van der Waals surface area (Å²) in [6.45, 7) is 1.22. The molecule has 0 atom stereocenters. The predicted molar refractivity (Wildman–Crippen MR) is 109 cm³/mol. The molecule has 4 rings (SSSR count). The van der Waals surface area contributed by atoms with Crippen molar-refractivity contribution in [2.24, 2.45) is 0 Å². The van der Waals surface area contributed by atoms with Gasteiger partial charge in [0, 0.05) is 55.8 Å². The summed E-state index contributed by atoms with van der Waals surface area (Å²) in [5.41, 5.74) is 0.284. The summed E-state index contributed by atoms with van der Waals surface area (Å²) in [5, 5.41) is 27.2. The minimum absolute atomic E-state index is 0.203. The van der Waals surface area contributed by atoms with Gasteiger partial charge in [0.25, 0.3) is 5.91 Å². The highest BCUT2D eigenvalue weighted by molar-refractivity contribution is 5.97. The third-order valence-electron chi connectivity index (χ3n) is 5.88. The molecule has 2 aromatic rings. The van der Waals surface area contributed by atoms with Crippen molar-refractivity contribution in [3.8, 4) is 0 Å². The molecule has 0 radical (unpaired) electrons. The average molecular weight is 400 g/mol. The molecule has 1 aliphatic heterocycles. The van der Waals surface area contributed by atoms with Crippen LogP contribution in [0, 0.1) is 0 Å². The second-order valence-electron chi connectivity index (χ2n) is 8.14. The number of hydrogen-bond donors (Lipinski definition) is 4. The lowest BCUT2D eigenvalue weighted by atomic mass is 9.93. The van der Waals surface area contributed by atoms with Crippen LogP contribution < -0.4 is 10.6 Å². The van der Waals surface area contributed by atoms with Crippen LogP contribution in [-0.4, -0.2) is 63.6 Å². The lowest BCUT2D eigenvalue weighted by Gasteiger charge is -2.32. The largest absolute Gasteiger partial charge is 0.393 e. The van der Waals surface area contributed by atoms with E-state index in [-0.39, 0.29) is 24.6 Å². The van der Waals surface area contributed by atoms with E-state index in [1.54, 1.807) is 18.3 Å². The Labute approximate surface area is 169 Å². The van der Waals surface area contributed by atoms with Crippen molar-refractivity contribution in [2.45, 2.75) is 56.3 Å². The van der Waals surface area contributed by atoms with Crippen molar-refractivity contribution < 1.29 is 19.7 Å². The van der Waals surface area contributed by atoms with Crippen molar-refractivity contribution in [1.29, 1.82) is 0 Å². The van der Waals surface area contributed by atoms with Gasteiger partial charge in [0.2, 0.25) is 5.95 Å². The highest BCUT2D eigenvalue weighted by Gasteiger charge is 2.30. The van der Waals surface area contributed by atoms with Gasteiger partial charge in [-0.2, -0.15) is 0 Å². The van der Waals surface area contributed by atoms with Gasteiger partial charge in [-0.1, -0.05) is 6.07 Å². The molecule has 8 heteroatoms. The third-order valence-corrected chi connectivity index (χ3v) is 5.88. The summed E-state index contributed by atoms with van der Waals surface area (Å²) in [4.78, 5) is 21.5. The minimum Gasteiger partial charge on any atom is -0.393 e. The lowest BCUT2D eigenvalue weighted by Crippen LogP contribution is -2.46. The van der Waals surface area contributed by atoms with E-state index in [2.05, 4.69) is 20.6 Å². The van der Waals surface area contributed by atoms with Crippen molar-refractivity contribution in [3.05, 3.63) is 30.0 Å². The third kappa shape index (κ3) is 5.01. The highest BCUT2D eigenvalue weighted by atomic mass is 16.5. The fraction of sp³-hybridized carbons (Fsp3) is 0.571. The van der Waals surface area contributed by atoms with Gasteiger partial charge >= 0.3 is 0 Å². The van der Waals surface area contributed by atoms with E-state index in [1.807, 2.05) is 6.07 Å². The minimum atomic E-state index is -0.905. The van der Waals surface area contributed by atoms with Gasteiger partial charge in [0.15, 0.2) is 0 Å². The molecular formula is C21H28N4O4. The highest BCUT2D eigenvalue weighted by Crippen LogP contribution is 2.22. The molecule has 156 valence electrons. The summed E-state index contributed by atoms with van der Waals surface area (Å²) in [6, 6.07) is 5.57. The number of amides is 1. The molecule has 0 unspecified atom stereocenters. The quantitative estimate of drug-likeness (QED) is 0.602. The lowest BCUT2D eigenvalue weighted by molar-refractivity contribution is -0.0605. The molecule has 2 aliphatic rings. The molecule has 1 aromatic heterocycles. The van der Waals surface area contributed by atoms with E-state index in [9.17, 15) is 15.0 Å². The van der Waals surface area contributed by atoms with Gasteiger partial charge in [-0.05, 0) is 37.8 Å². The Balaban J connectivity index is 1.42. The molecule has 2 heterocycles. The number of ether oxygens (including phenoxy) is 1. The van der Waals surface area contributed by atoms with Gasteiger partial charge in [0.1, 0.15) is 0 Å². The van der Waals surface area contributed by atoms with Crippen molar-refractivity contribution in [3.63, 3.8) is 0 Å². The van der Waals surface area contributed by atoms with Gasteiger partial charge in [-0.3, -0.25) is 4.79 Å². The number of nitrogens with one attached hydrogen (secondary N) is 2. The molecule has 1 saturated carbocycles. The number of nitrogens with zero attached hydrogens (tertiary/aromatic N) is 2. The van der Waals surface area contributed by atoms with Gasteiger partial charge in [-0.15, -0.1) is 0 Å². The van der Waals surface area contributed by atoms with Crippen LogP contribution in [0.1, 0.15) is 48.9 Å². The van der Waals surface area contributed by atoms with E-state index in [4.69, 9.17) is 4.74 Å². The normalized spacial score (nSPS) is 24.2. The number of benzene rings is 1. The van der Waals surface area contributed by atoms with Crippen molar-refractivity contribution in [2.75, 3.05) is 25.1 Å². The zero-order valence-corrected chi connectivity index (χ0v) is 16.4. The Morgan fingerprint density at radius 1 is 1.21 bits per heavy atom. The summed E-state index contributed by atoms with van der Waals surface area (Å²) >= 11 is 0. The summed E-state index contributed by atoms with van der Waals surface area (Å²) < 4.78 is 5.27. The van der Waals surface area contributed by atoms with E-state index in [0.717, 1.165) is 31.1 Å². The maximum atomic E-state index is 12.6. The number of rotatable bonds is 5. The van der Waals surface area contributed by atoms with Crippen LogP contribution in [0.15, 0.2) is 24.4 Å². The van der Waals surface area contributed by atoms with E-state index in [1.165, 1.54) is 0 Å². The number of carbonyl (C=O) groups is 1. The molecule has 1 saturated heterocycles. The number of aliphatic hydroxyl groups excluding tert-OH is 1. The Morgan fingerprint density at radius 2 is 1.97 bits per heavy atom. The number of fused-ring (bicyclic) bond motifs is 1. The Hall–Kier alpha value is -2.29. The second kappa shape index (κ2) is 8.61. The molecule has 1 amide bonds. The molecule has 0 bridgehead atoms. The fourth-order valence-corrected chi connectivity index (χ4v) is 3.91. The molecule has 4 N–H and O–H groups in total. The molecule has 29 heavy (non-hydrogen) atoms. The smallest absolute Gasteiger partial charge is 0.251 e. The SMILES string of the molecule is O=C(NCC1(O)CCOCC1)c1ccc2cnc(NC3CCC(O)CC3)nc2c1.